The van der Waals surface area contributed by atoms with Crippen molar-refractivity contribution >= 4 is 0 Å². The highest BCUT2D eigenvalue weighted by atomic mass is 19.4. The molecule has 0 heterocycles. The number of hydrogen-bond acceptors (Lipinski definition) is 2. The Bertz CT molecular complexity index is 333. The Morgan fingerprint density at radius 2 is 1.65 bits per heavy atom. The van der Waals surface area contributed by atoms with Crippen LogP contribution in [0.1, 0.15) is 29.9 Å². The molecule has 96 valence electrons. The molecule has 0 unspecified atom stereocenters. The van der Waals surface area contributed by atoms with Gasteiger partial charge in [0.25, 0.3) is 0 Å². The van der Waals surface area contributed by atoms with Crippen molar-refractivity contribution in [1.29, 1.82) is 0 Å². The molecule has 0 saturated carbocycles. The molecule has 0 spiro atoms. The molecule has 0 fully saturated rings. The van der Waals surface area contributed by atoms with E-state index < -0.39 is 11.7 Å². The lowest BCUT2D eigenvalue weighted by atomic mass is 9.94. The van der Waals surface area contributed by atoms with Crippen molar-refractivity contribution in [3.8, 4) is 0 Å². The van der Waals surface area contributed by atoms with Gasteiger partial charge in [-0.1, -0.05) is 12.1 Å². The third-order valence-electron chi connectivity index (χ3n) is 2.64. The second-order valence-electron chi connectivity index (χ2n) is 3.87. The number of benzene rings is 1. The molecule has 2 nitrogen and oxygen atoms in total. The van der Waals surface area contributed by atoms with Gasteiger partial charge in [0, 0.05) is 19.1 Å². The van der Waals surface area contributed by atoms with Gasteiger partial charge in [0.2, 0.25) is 0 Å². The van der Waals surface area contributed by atoms with E-state index in [4.69, 9.17) is 10.2 Å². The molecule has 0 saturated heterocycles. The summed E-state index contributed by atoms with van der Waals surface area (Å²) < 4.78 is 37.0. The Hall–Kier alpha value is -1.07. The summed E-state index contributed by atoms with van der Waals surface area (Å²) >= 11 is 0. The summed E-state index contributed by atoms with van der Waals surface area (Å²) in [7, 11) is 0. The number of aliphatic hydroxyl groups excluding tert-OH is 2. The topological polar surface area (TPSA) is 40.5 Å². The minimum Gasteiger partial charge on any atom is -0.396 e. The highest BCUT2D eigenvalue weighted by Crippen LogP contribution is 2.30. The summed E-state index contributed by atoms with van der Waals surface area (Å²) in [5, 5.41) is 17.8. The van der Waals surface area contributed by atoms with Gasteiger partial charge in [-0.2, -0.15) is 13.2 Å². The molecule has 17 heavy (non-hydrogen) atoms. The van der Waals surface area contributed by atoms with E-state index in [0.29, 0.717) is 18.4 Å². The standard InChI is InChI=1S/C12H15F3O2/c13-12(14,15)11-5-3-9(4-6-11)10(8-17)2-1-7-16/h3-6,10,16-17H,1-2,7-8H2/t10-/m0/s1. The first-order chi connectivity index (χ1) is 7.99. The molecule has 0 radical (unpaired) electrons. The molecule has 0 aliphatic rings. The van der Waals surface area contributed by atoms with Crippen molar-refractivity contribution in [3.05, 3.63) is 35.4 Å². The summed E-state index contributed by atoms with van der Waals surface area (Å²) in [5.41, 5.74) is -0.0333. The normalized spacial score (nSPS) is 13.7. The maximum atomic E-state index is 12.3. The zero-order valence-electron chi connectivity index (χ0n) is 9.24. The van der Waals surface area contributed by atoms with Crippen LogP contribution in [0.25, 0.3) is 0 Å². The van der Waals surface area contributed by atoms with E-state index in [-0.39, 0.29) is 19.1 Å². The van der Waals surface area contributed by atoms with Crippen LogP contribution < -0.4 is 0 Å². The summed E-state index contributed by atoms with van der Waals surface area (Å²) in [6.07, 6.45) is -3.26. The van der Waals surface area contributed by atoms with Crippen LogP contribution in [0.4, 0.5) is 13.2 Å². The van der Waals surface area contributed by atoms with E-state index in [1.54, 1.807) is 0 Å². The summed E-state index contributed by atoms with van der Waals surface area (Å²) in [6.45, 7) is -0.123. The summed E-state index contributed by atoms with van der Waals surface area (Å²) in [6, 6.07) is 4.77. The largest absolute Gasteiger partial charge is 0.416 e. The molecule has 0 aromatic heterocycles. The maximum Gasteiger partial charge on any atom is 0.416 e. The van der Waals surface area contributed by atoms with Crippen molar-refractivity contribution in [3.63, 3.8) is 0 Å². The average molecular weight is 248 g/mol. The second-order valence-corrected chi connectivity index (χ2v) is 3.87. The molecule has 0 amide bonds. The van der Waals surface area contributed by atoms with Crippen molar-refractivity contribution in [2.75, 3.05) is 13.2 Å². The number of alkyl halides is 3. The first-order valence-electron chi connectivity index (χ1n) is 5.38. The van der Waals surface area contributed by atoms with Gasteiger partial charge >= 0.3 is 6.18 Å². The smallest absolute Gasteiger partial charge is 0.396 e. The molecule has 1 atom stereocenters. The van der Waals surface area contributed by atoms with Gasteiger partial charge in [-0.25, -0.2) is 0 Å². The van der Waals surface area contributed by atoms with Crippen molar-refractivity contribution in [1.82, 2.24) is 0 Å². The van der Waals surface area contributed by atoms with E-state index in [1.165, 1.54) is 12.1 Å². The highest BCUT2D eigenvalue weighted by Gasteiger charge is 2.30. The third kappa shape index (κ3) is 4.02. The molecule has 0 aliphatic carbocycles. The van der Waals surface area contributed by atoms with Gasteiger partial charge in [0.05, 0.1) is 5.56 Å². The third-order valence-corrected chi connectivity index (χ3v) is 2.64. The van der Waals surface area contributed by atoms with Gasteiger partial charge in [-0.05, 0) is 30.5 Å². The predicted octanol–water partition coefficient (Wildman–Crippen LogP) is 2.55. The van der Waals surface area contributed by atoms with Crippen LogP contribution in [-0.2, 0) is 6.18 Å². The van der Waals surface area contributed by atoms with Crippen LogP contribution in [0.3, 0.4) is 0 Å². The first-order valence-corrected chi connectivity index (χ1v) is 5.38. The van der Waals surface area contributed by atoms with Gasteiger partial charge in [0.1, 0.15) is 0 Å². The molecule has 1 aromatic carbocycles. The molecular weight excluding hydrogens is 233 g/mol. The molecule has 0 bridgehead atoms. The summed E-state index contributed by atoms with van der Waals surface area (Å²) in [5.74, 6) is -0.218. The second kappa shape index (κ2) is 6.02. The molecule has 5 heteroatoms. The van der Waals surface area contributed by atoms with Gasteiger partial charge in [-0.15, -0.1) is 0 Å². The van der Waals surface area contributed by atoms with E-state index in [0.717, 1.165) is 12.1 Å². The molecule has 1 aromatic rings. The van der Waals surface area contributed by atoms with Crippen molar-refractivity contribution < 1.29 is 23.4 Å². The van der Waals surface area contributed by atoms with Crippen molar-refractivity contribution in [2.24, 2.45) is 0 Å². The average Bonchev–Trinajstić information content (AvgIpc) is 2.29. The maximum absolute atomic E-state index is 12.3. The van der Waals surface area contributed by atoms with Crippen LogP contribution >= 0.6 is 0 Å². The first kappa shape index (κ1) is 14.0. The molecule has 2 N–H and O–H groups in total. The van der Waals surface area contributed by atoms with Gasteiger partial charge < -0.3 is 10.2 Å². The zero-order valence-corrected chi connectivity index (χ0v) is 9.24. The SMILES string of the molecule is OCCC[C@@H](CO)c1ccc(C(F)(F)F)cc1. The number of rotatable bonds is 5. The minimum atomic E-state index is -4.33. The lowest BCUT2D eigenvalue weighted by Crippen LogP contribution is -2.08. The Morgan fingerprint density at radius 3 is 2.06 bits per heavy atom. The number of aliphatic hydroxyl groups is 2. The number of halogens is 3. The fourth-order valence-electron chi connectivity index (χ4n) is 1.65. The Balaban J connectivity index is 2.78. The van der Waals surface area contributed by atoms with Crippen LogP contribution in [0.15, 0.2) is 24.3 Å². The quantitative estimate of drug-likeness (QED) is 0.840. The molecule has 1 rings (SSSR count). The van der Waals surface area contributed by atoms with Crippen LogP contribution in [0, 0.1) is 0 Å². The number of hydrogen-bond donors (Lipinski definition) is 2. The van der Waals surface area contributed by atoms with Gasteiger partial charge in [-0.3, -0.25) is 0 Å². The fraction of sp³-hybridized carbons (Fsp3) is 0.500. The van der Waals surface area contributed by atoms with Crippen LogP contribution in [0.5, 0.6) is 0 Å². The molecule has 0 aliphatic heterocycles. The zero-order chi connectivity index (χ0) is 12.9. The monoisotopic (exact) mass is 248 g/mol. The van der Waals surface area contributed by atoms with Crippen LogP contribution in [0.2, 0.25) is 0 Å². The lowest BCUT2D eigenvalue weighted by molar-refractivity contribution is -0.137. The Kier molecular flexibility index (Phi) is 4.96. The van der Waals surface area contributed by atoms with Gasteiger partial charge in [0.15, 0.2) is 0 Å². The highest BCUT2D eigenvalue weighted by molar-refractivity contribution is 5.27. The van der Waals surface area contributed by atoms with E-state index in [2.05, 4.69) is 0 Å². The predicted molar refractivity (Wildman–Crippen MR) is 57.6 cm³/mol. The van der Waals surface area contributed by atoms with E-state index in [9.17, 15) is 13.2 Å². The van der Waals surface area contributed by atoms with E-state index >= 15 is 0 Å². The molecular formula is C12H15F3O2. The van der Waals surface area contributed by atoms with Crippen molar-refractivity contribution in [2.45, 2.75) is 24.9 Å². The minimum absolute atomic E-state index is 0.0110. The lowest BCUT2D eigenvalue weighted by Gasteiger charge is -2.15. The Morgan fingerprint density at radius 1 is 1.06 bits per heavy atom. The van der Waals surface area contributed by atoms with E-state index in [1.807, 2.05) is 0 Å². The fourth-order valence-corrected chi connectivity index (χ4v) is 1.65. The van der Waals surface area contributed by atoms with Crippen LogP contribution in [-0.4, -0.2) is 23.4 Å². The Labute approximate surface area is 97.7 Å². The summed E-state index contributed by atoms with van der Waals surface area (Å²) in [4.78, 5) is 0.